The molecule has 2 rings (SSSR count). The maximum atomic E-state index is 6.04. The van der Waals surface area contributed by atoms with Crippen molar-refractivity contribution in [1.29, 1.82) is 0 Å². The SMILES string of the molecule is CCc1cc(C)cc(OC2CCNCC2)c1. The van der Waals surface area contributed by atoms with E-state index in [1.807, 2.05) is 0 Å². The third-order valence-electron chi connectivity index (χ3n) is 3.11. The molecule has 0 spiro atoms. The minimum absolute atomic E-state index is 0.396. The molecule has 1 heterocycles. The lowest BCUT2D eigenvalue weighted by Gasteiger charge is -2.24. The summed E-state index contributed by atoms with van der Waals surface area (Å²) in [5.41, 5.74) is 2.66. The maximum Gasteiger partial charge on any atom is 0.120 e. The van der Waals surface area contributed by atoms with Crippen LogP contribution in [-0.2, 0) is 6.42 Å². The highest BCUT2D eigenvalue weighted by molar-refractivity contribution is 5.34. The number of hydrogen-bond donors (Lipinski definition) is 1. The standard InChI is InChI=1S/C14H21NO/c1-3-12-8-11(2)9-14(10-12)16-13-4-6-15-7-5-13/h8-10,13,15H,3-7H2,1-2H3. The fourth-order valence-electron chi connectivity index (χ4n) is 2.20. The Kier molecular flexibility index (Phi) is 3.83. The van der Waals surface area contributed by atoms with Crippen molar-refractivity contribution in [3.63, 3.8) is 0 Å². The Morgan fingerprint density at radius 1 is 1.25 bits per heavy atom. The molecule has 1 aliphatic rings. The molecule has 0 aromatic heterocycles. The lowest BCUT2D eigenvalue weighted by Crippen LogP contribution is -2.34. The molecule has 1 N–H and O–H groups in total. The van der Waals surface area contributed by atoms with Gasteiger partial charge in [-0.1, -0.05) is 13.0 Å². The zero-order valence-electron chi connectivity index (χ0n) is 10.3. The Bertz CT molecular complexity index is 343. The van der Waals surface area contributed by atoms with Crippen LogP contribution in [0.2, 0.25) is 0 Å². The number of ether oxygens (including phenoxy) is 1. The van der Waals surface area contributed by atoms with Gasteiger partial charge in [0, 0.05) is 0 Å². The van der Waals surface area contributed by atoms with E-state index in [0.717, 1.165) is 38.1 Å². The monoisotopic (exact) mass is 219 g/mol. The first-order chi connectivity index (χ1) is 7.78. The van der Waals surface area contributed by atoms with Crippen LogP contribution in [0.15, 0.2) is 18.2 Å². The van der Waals surface area contributed by atoms with Gasteiger partial charge < -0.3 is 10.1 Å². The first-order valence-corrected chi connectivity index (χ1v) is 6.26. The zero-order valence-corrected chi connectivity index (χ0v) is 10.3. The number of rotatable bonds is 3. The molecule has 1 aliphatic heterocycles. The Balaban J connectivity index is 2.04. The minimum atomic E-state index is 0.396. The van der Waals surface area contributed by atoms with Gasteiger partial charge in [-0.15, -0.1) is 0 Å². The molecular weight excluding hydrogens is 198 g/mol. The second-order valence-corrected chi connectivity index (χ2v) is 4.58. The Morgan fingerprint density at radius 2 is 2.00 bits per heavy atom. The number of benzene rings is 1. The molecule has 2 nitrogen and oxygen atoms in total. The van der Waals surface area contributed by atoms with E-state index >= 15 is 0 Å². The van der Waals surface area contributed by atoms with Gasteiger partial charge in [-0.2, -0.15) is 0 Å². The average Bonchev–Trinajstić information content (AvgIpc) is 2.29. The van der Waals surface area contributed by atoms with Crippen molar-refractivity contribution >= 4 is 0 Å². The Hall–Kier alpha value is -1.02. The summed E-state index contributed by atoms with van der Waals surface area (Å²) >= 11 is 0. The second kappa shape index (κ2) is 5.35. The molecule has 0 atom stereocenters. The smallest absolute Gasteiger partial charge is 0.120 e. The van der Waals surface area contributed by atoms with Crippen molar-refractivity contribution in [2.24, 2.45) is 0 Å². The summed E-state index contributed by atoms with van der Waals surface area (Å²) in [6.45, 7) is 6.48. The predicted octanol–water partition coefficient (Wildman–Crippen LogP) is 2.69. The van der Waals surface area contributed by atoms with E-state index in [0.29, 0.717) is 6.10 Å². The largest absolute Gasteiger partial charge is 0.490 e. The van der Waals surface area contributed by atoms with E-state index < -0.39 is 0 Å². The first kappa shape index (κ1) is 11.5. The van der Waals surface area contributed by atoms with Gasteiger partial charge in [0.2, 0.25) is 0 Å². The third-order valence-corrected chi connectivity index (χ3v) is 3.11. The van der Waals surface area contributed by atoms with Crippen LogP contribution in [0.4, 0.5) is 0 Å². The molecule has 1 aromatic rings. The van der Waals surface area contributed by atoms with Crippen LogP contribution in [0, 0.1) is 6.92 Å². The van der Waals surface area contributed by atoms with Gasteiger partial charge in [-0.3, -0.25) is 0 Å². The normalized spacial score (nSPS) is 17.4. The number of nitrogens with one attached hydrogen (secondary N) is 1. The molecular formula is C14H21NO. The van der Waals surface area contributed by atoms with E-state index in [-0.39, 0.29) is 0 Å². The summed E-state index contributed by atoms with van der Waals surface area (Å²) in [7, 11) is 0. The lowest BCUT2D eigenvalue weighted by molar-refractivity contribution is 0.162. The quantitative estimate of drug-likeness (QED) is 0.844. The fourth-order valence-corrected chi connectivity index (χ4v) is 2.20. The van der Waals surface area contributed by atoms with E-state index in [1.54, 1.807) is 0 Å². The van der Waals surface area contributed by atoms with Crippen molar-refractivity contribution in [2.45, 2.75) is 39.2 Å². The zero-order chi connectivity index (χ0) is 11.4. The van der Waals surface area contributed by atoms with Crippen molar-refractivity contribution in [1.82, 2.24) is 5.32 Å². The van der Waals surface area contributed by atoms with Gasteiger partial charge in [0.05, 0.1) is 0 Å². The molecule has 1 aromatic carbocycles. The van der Waals surface area contributed by atoms with Crippen LogP contribution in [0.3, 0.4) is 0 Å². The van der Waals surface area contributed by atoms with Gasteiger partial charge in [-0.25, -0.2) is 0 Å². The summed E-state index contributed by atoms with van der Waals surface area (Å²) in [5, 5.41) is 3.35. The van der Waals surface area contributed by atoms with Crippen LogP contribution < -0.4 is 10.1 Å². The minimum Gasteiger partial charge on any atom is -0.490 e. The molecule has 1 fully saturated rings. The average molecular weight is 219 g/mol. The third kappa shape index (κ3) is 2.99. The molecule has 88 valence electrons. The molecule has 1 saturated heterocycles. The molecule has 0 saturated carbocycles. The van der Waals surface area contributed by atoms with E-state index in [1.165, 1.54) is 11.1 Å². The van der Waals surface area contributed by atoms with Crippen molar-refractivity contribution in [3.05, 3.63) is 29.3 Å². The van der Waals surface area contributed by atoms with Crippen LogP contribution in [-0.4, -0.2) is 19.2 Å². The predicted molar refractivity (Wildman–Crippen MR) is 67.1 cm³/mol. The summed E-state index contributed by atoms with van der Waals surface area (Å²) in [5.74, 6) is 1.05. The molecule has 16 heavy (non-hydrogen) atoms. The van der Waals surface area contributed by atoms with Crippen molar-refractivity contribution < 1.29 is 4.74 Å². The molecule has 0 amide bonds. The number of aryl methyl sites for hydroxylation is 2. The highest BCUT2D eigenvalue weighted by Crippen LogP contribution is 2.20. The van der Waals surface area contributed by atoms with Crippen LogP contribution in [0.5, 0.6) is 5.75 Å². The highest BCUT2D eigenvalue weighted by atomic mass is 16.5. The van der Waals surface area contributed by atoms with Crippen LogP contribution >= 0.6 is 0 Å². The van der Waals surface area contributed by atoms with Gasteiger partial charge in [0.15, 0.2) is 0 Å². The van der Waals surface area contributed by atoms with Crippen LogP contribution in [0.25, 0.3) is 0 Å². The molecule has 0 bridgehead atoms. The maximum absolute atomic E-state index is 6.04. The lowest BCUT2D eigenvalue weighted by atomic mass is 10.1. The fraction of sp³-hybridized carbons (Fsp3) is 0.571. The summed E-state index contributed by atoms with van der Waals surface area (Å²) < 4.78 is 6.04. The topological polar surface area (TPSA) is 21.3 Å². The molecule has 0 radical (unpaired) electrons. The molecule has 0 aliphatic carbocycles. The van der Waals surface area contributed by atoms with Gasteiger partial charge in [0.25, 0.3) is 0 Å². The van der Waals surface area contributed by atoms with Crippen molar-refractivity contribution in [2.75, 3.05) is 13.1 Å². The van der Waals surface area contributed by atoms with E-state index in [4.69, 9.17) is 4.74 Å². The number of piperidine rings is 1. The first-order valence-electron chi connectivity index (χ1n) is 6.26. The molecule has 0 unspecified atom stereocenters. The van der Waals surface area contributed by atoms with Gasteiger partial charge in [-0.05, 0) is 62.5 Å². The number of hydrogen-bond acceptors (Lipinski definition) is 2. The highest BCUT2D eigenvalue weighted by Gasteiger charge is 2.14. The van der Waals surface area contributed by atoms with Gasteiger partial charge in [0.1, 0.15) is 11.9 Å². The van der Waals surface area contributed by atoms with E-state index in [9.17, 15) is 0 Å². The summed E-state index contributed by atoms with van der Waals surface area (Å²) in [6.07, 6.45) is 3.71. The Labute approximate surface area is 98.0 Å². The van der Waals surface area contributed by atoms with E-state index in [2.05, 4.69) is 37.4 Å². The Morgan fingerprint density at radius 3 is 2.69 bits per heavy atom. The summed E-state index contributed by atoms with van der Waals surface area (Å²) in [4.78, 5) is 0. The van der Waals surface area contributed by atoms with Crippen LogP contribution in [0.1, 0.15) is 30.9 Å². The summed E-state index contributed by atoms with van der Waals surface area (Å²) in [6, 6.07) is 6.55. The molecule has 2 heteroatoms. The van der Waals surface area contributed by atoms with Crippen molar-refractivity contribution in [3.8, 4) is 5.75 Å². The second-order valence-electron chi connectivity index (χ2n) is 4.58. The van der Waals surface area contributed by atoms with Gasteiger partial charge >= 0.3 is 0 Å².